The molecule has 0 aromatic heterocycles. The van der Waals surface area contributed by atoms with E-state index in [1.54, 1.807) is 42.3 Å². The number of rotatable bonds is 6. The number of ether oxygens (including phenoxy) is 2. The molecule has 0 saturated heterocycles. The van der Waals surface area contributed by atoms with Gasteiger partial charge in [0.05, 0.1) is 19.1 Å². The van der Waals surface area contributed by atoms with Gasteiger partial charge in [-0.05, 0) is 36.2 Å². The zero-order valence-electron chi connectivity index (χ0n) is 15.5. The molecule has 0 unspecified atom stereocenters. The lowest BCUT2D eigenvalue weighted by Gasteiger charge is -2.15. The monoisotopic (exact) mass is 390 g/mol. The van der Waals surface area contributed by atoms with Crippen molar-refractivity contribution in [3.63, 3.8) is 0 Å². The van der Waals surface area contributed by atoms with Crippen molar-refractivity contribution in [1.82, 2.24) is 4.72 Å². The maximum Gasteiger partial charge on any atom is 0.240 e. The zero-order chi connectivity index (χ0) is 19.6. The van der Waals surface area contributed by atoms with Gasteiger partial charge >= 0.3 is 0 Å². The van der Waals surface area contributed by atoms with Gasteiger partial charge in [0.15, 0.2) is 0 Å². The predicted octanol–water partition coefficient (Wildman–Crippen LogP) is 2.09. The van der Waals surface area contributed by atoms with Crippen molar-refractivity contribution in [3.8, 4) is 11.5 Å². The Morgan fingerprint density at radius 3 is 2.59 bits per heavy atom. The van der Waals surface area contributed by atoms with Gasteiger partial charge in [-0.3, -0.25) is 4.79 Å². The van der Waals surface area contributed by atoms with Crippen LogP contribution in [0, 0.1) is 0 Å². The van der Waals surface area contributed by atoms with Gasteiger partial charge < -0.3 is 14.4 Å². The zero-order valence-corrected chi connectivity index (χ0v) is 16.3. The largest absolute Gasteiger partial charge is 0.497 e. The van der Waals surface area contributed by atoms with E-state index in [4.69, 9.17) is 9.47 Å². The van der Waals surface area contributed by atoms with Gasteiger partial charge in [-0.2, -0.15) is 0 Å². The number of carbonyl (C=O) groups is 1. The number of sulfonamides is 1. The van der Waals surface area contributed by atoms with Crippen LogP contribution in [0.2, 0.25) is 0 Å². The van der Waals surface area contributed by atoms with E-state index in [0.29, 0.717) is 30.0 Å². The fraction of sp³-hybridized carbons (Fsp3) is 0.316. The Morgan fingerprint density at radius 1 is 1.15 bits per heavy atom. The maximum absolute atomic E-state index is 12.7. The number of benzene rings is 2. The SMILES string of the molecule is COc1ccc(CNS(=O)(=O)c2ccc3c(c2)CCN3C(C)=O)c(OC)c1. The van der Waals surface area contributed by atoms with Crippen LogP contribution >= 0.6 is 0 Å². The molecule has 1 N–H and O–H groups in total. The van der Waals surface area contributed by atoms with Crippen LogP contribution in [0.25, 0.3) is 0 Å². The topological polar surface area (TPSA) is 84.9 Å². The first kappa shape index (κ1) is 19.2. The summed E-state index contributed by atoms with van der Waals surface area (Å²) in [6.45, 7) is 2.17. The van der Waals surface area contributed by atoms with Crippen LogP contribution in [0.3, 0.4) is 0 Å². The summed E-state index contributed by atoms with van der Waals surface area (Å²) in [5, 5.41) is 0. The number of methoxy groups -OCH3 is 2. The number of nitrogens with zero attached hydrogens (tertiary/aromatic N) is 1. The van der Waals surface area contributed by atoms with Crippen molar-refractivity contribution < 1.29 is 22.7 Å². The predicted molar refractivity (Wildman–Crippen MR) is 102 cm³/mol. The average molecular weight is 390 g/mol. The summed E-state index contributed by atoms with van der Waals surface area (Å²) in [7, 11) is -0.623. The highest BCUT2D eigenvalue weighted by atomic mass is 32.2. The number of fused-ring (bicyclic) bond motifs is 1. The Kier molecular flexibility index (Phi) is 5.38. The minimum absolute atomic E-state index is 0.0471. The van der Waals surface area contributed by atoms with Gasteiger partial charge in [-0.1, -0.05) is 6.07 Å². The second kappa shape index (κ2) is 7.58. The van der Waals surface area contributed by atoms with Crippen LogP contribution in [0.15, 0.2) is 41.3 Å². The van der Waals surface area contributed by atoms with E-state index in [1.807, 2.05) is 0 Å². The van der Waals surface area contributed by atoms with Gasteiger partial charge in [0.1, 0.15) is 11.5 Å². The van der Waals surface area contributed by atoms with Gasteiger partial charge in [-0.25, -0.2) is 13.1 Å². The molecule has 27 heavy (non-hydrogen) atoms. The molecule has 0 spiro atoms. The lowest BCUT2D eigenvalue weighted by molar-refractivity contribution is -0.116. The summed E-state index contributed by atoms with van der Waals surface area (Å²) in [6.07, 6.45) is 0.643. The standard InChI is InChI=1S/C19H22N2O5S/c1-13(22)21-9-8-14-10-17(6-7-18(14)21)27(23,24)20-12-15-4-5-16(25-2)11-19(15)26-3/h4-7,10-11,20H,8-9,12H2,1-3H3. The molecule has 2 aromatic carbocycles. The quantitative estimate of drug-likeness (QED) is 0.816. The van der Waals surface area contributed by atoms with E-state index in [9.17, 15) is 13.2 Å². The van der Waals surface area contributed by atoms with Crippen molar-refractivity contribution in [2.75, 3.05) is 25.7 Å². The number of amides is 1. The normalized spacial score (nSPS) is 13.4. The highest BCUT2D eigenvalue weighted by Crippen LogP contribution is 2.30. The van der Waals surface area contributed by atoms with Crippen molar-refractivity contribution in [2.45, 2.75) is 24.8 Å². The van der Waals surface area contributed by atoms with Crippen molar-refractivity contribution in [2.24, 2.45) is 0 Å². The molecule has 0 bridgehead atoms. The molecule has 0 saturated carbocycles. The fourth-order valence-corrected chi connectivity index (χ4v) is 4.18. The molecule has 1 heterocycles. The van der Waals surface area contributed by atoms with E-state index in [-0.39, 0.29) is 17.3 Å². The van der Waals surface area contributed by atoms with Crippen LogP contribution in [0.4, 0.5) is 5.69 Å². The van der Waals surface area contributed by atoms with E-state index >= 15 is 0 Å². The Bertz CT molecular complexity index is 972. The molecule has 0 aliphatic carbocycles. The van der Waals surface area contributed by atoms with Gasteiger partial charge in [0.2, 0.25) is 15.9 Å². The smallest absolute Gasteiger partial charge is 0.240 e. The summed E-state index contributed by atoms with van der Waals surface area (Å²) in [6, 6.07) is 10.0. The summed E-state index contributed by atoms with van der Waals surface area (Å²) in [5.41, 5.74) is 2.33. The van der Waals surface area contributed by atoms with Crippen molar-refractivity contribution in [3.05, 3.63) is 47.5 Å². The van der Waals surface area contributed by atoms with Crippen LogP contribution in [-0.4, -0.2) is 35.1 Å². The first-order chi connectivity index (χ1) is 12.9. The minimum atomic E-state index is -3.70. The molecule has 1 aliphatic rings. The summed E-state index contributed by atoms with van der Waals surface area (Å²) >= 11 is 0. The highest BCUT2D eigenvalue weighted by Gasteiger charge is 2.24. The number of nitrogens with one attached hydrogen (secondary N) is 1. The third-order valence-corrected chi connectivity index (χ3v) is 5.98. The summed E-state index contributed by atoms with van der Waals surface area (Å²) in [4.78, 5) is 13.5. The first-order valence-electron chi connectivity index (χ1n) is 8.47. The molecule has 0 atom stereocenters. The molecule has 3 rings (SSSR count). The van der Waals surface area contributed by atoms with E-state index in [2.05, 4.69) is 4.72 Å². The number of anilines is 1. The fourth-order valence-electron chi connectivity index (χ4n) is 3.13. The molecule has 0 radical (unpaired) electrons. The lowest BCUT2D eigenvalue weighted by atomic mass is 10.2. The molecule has 0 fully saturated rings. The van der Waals surface area contributed by atoms with Gasteiger partial charge in [0.25, 0.3) is 0 Å². The number of hydrogen-bond donors (Lipinski definition) is 1. The molecular formula is C19H22N2O5S. The molecular weight excluding hydrogens is 368 g/mol. The maximum atomic E-state index is 12.7. The van der Waals surface area contributed by atoms with Gasteiger partial charge in [0, 0.05) is 37.3 Å². The van der Waals surface area contributed by atoms with Crippen molar-refractivity contribution in [1.29, 1.82) is 0 Å². The first-order valence-corrected chi connectivity index (χ1v) is 9.95. The van der Waals surface area contributed by atoms with Crippen LogP contribution in [0.1, 0.15) is 18.1 Å². The average Bonchev–Trinajstić information content (AvgIpc) is 3.09. The van der Waals surface area contributed by atoms with Gasteiger partial charge in [-0.15, -0.1) is 0 Å². The highest BCUT2D eigenvalue weighted by molar-refractivity contribution is 7.89. The summed E-state index contributed by atoms with van der Waals surface area (Å²) < 4.78 is 38.4. The summed E-state index contributed by atoms with van der Waals surface area (Å²) in [5.74, 6) is 1.13. The molecule has 2 aromatic rings. The second-order valence-corrected chi connectivity index (χ2v) is 7.98. The second-order valence-electron chi connectivity index (χ2n) is 6.21. The van der Waals surface area contributed by atoms with E-state index in [1.165, 1.54) is 20.1 Å². The Labute approximate surface area is 158 Å². The lowest BCUT2D eigenvalue weighted by Crippen LogP contribution is -2.26. The van der Waals surface area contributed by atoms with Crippen LogP contribution in [0.5, 0.6) is 11.5 Å². The van der Waals surface area contributed by atoms with Crippen LogP contribution < -0.4 is 19.1 Å². The molecule has 144 valence electrons. The molecule has 7 nitrogen and oxygen atoms in total. The minimum Gasteiger partial charge on any atom is -0.497 e. The van der Waals surface area contributed by atoms with E-state index in [0.717, 1.165) is 11.3 Å². The number of carbonyl (C=O) groups excluding carboxylic acids is 1. The molecule has 1 amide bonds. The third-order valence-electron chi connectivity index (χ3n) is 4.58. The van der Waals surface area contributed by atoms with E-state index < -0.39 is 10.0 Å². The molecule has 1 aliphatic heterocycles. The van der Waals surface area contributed by atoms with Crippen LogP contribution in [-0.2, 0) is 27.8 Å². The number of hydrogen-bond acceptors (Lipinski definition) is 5. The third kappa shape index (κ3) is 3.91. The Balaban J connectivity index is 1.79. The van der Waals surface area contributed by atoms with Crippen molar-refractivity contribution >= 4 is 21.6 Å². The molecule has 8 heteroatoms. The Hall–Kier alpha value is -2.58. The Morgan fingerprint density at radius 2 is 1.93 bits per heavy atom.